The fraction of sp³-hybridized carbons (Fsp3) is 0.467. The van der Waals surface area contributed by atoms with Gasteiger partial charge in [-0.2, -0.15) is 5.10 Å². The summed E-state index contributed by atoms with van der Waals surface area (Å²) in [7, 11) is 0. The van der Waals surface area contributed by atoms with Crippen LogP contribution in [-0.2, 0) is 6.54 Å². The minimum Gasteiger partial charge on any atom is -0.300 e. The van der Waals surface area contributed by atoms with Crippen LogP contribution in [0, 0.1) is 16.1 Å². The molecule has 1 N–H and O–H groups in total. The summed E-state index contributed by atoms with van der Waals surface area (Å²) in [5.41, 5.74) is 1.54. The number of H-pyrrole nitrogens is 1. The van der Waals surface area contributed by atoms with Crippen LogP contribution in [0.5, 0.6) is 0 Å². The molecule has 1 aromatic heterocycles. The second-order valence-corrected chi connectivity index (χ2v) is 6.21. The molecular weight excluding hydrogens is 254 g/mol. The predicted molar refractivity (Wildman–Crippen MR) is 79.4 cm³/mol. The summed E-state index contributed by atoms with van der Waals surface area (Å²) in [6, 6.07) is 10.2. The van der Waals surface area contributed by atoms with E-state index in [4.69, 9.17) is 12.2 Å². The molecule has 0 aliphatic heterocycles. The molecule has 2 aromatic rings. The molecule has 1 saturated carbocycles. The van der Waals surface area contributed by atoms with Crippen LogP contribution in [0.4, 0.5) is 0 Å². The van der Waals surface area contributed by atoms with E-state index in [0.29, 0.717) is 11.3 Å². The standard InChI is InChI=1S/C15H19N3S/c1-11(2)15(8-9-15)10-18-13(16-17-14(18)19)12-6-4-3-5-7-12/h3-7,11H,8-10H2,1-2H3,(H,17,19). The Labute approximate surface area is 118 Å². The van der Waals surface area contributed by atoms with Gasteiger partial charge in [0.05, 0.1) is 0 Å². The molecule has 0 bridgehead atoms. The van der Waals surface area contributed by atoms with Gasteiger partial charge in [-0.15, -0.1) is 0 Å². The smallest absolute Gasteiger partial charge is 0.195 e. The number of aromatic nitrogens is 3. The van der Waals surface area contributed by atoms with E-state index in [-0.39, 0.29) is 0 Å². The molecule has 1 fully saturated rings. The minimum atomic E-state index is 0.422. The van der Waals surface area contributed by atoms with Crippen molar-refractivity contribution in [2.45, 2.75) is 33.2 Å². The number of nitrogens with one attached hydrogen (secondary N) is 1. The van der Waals surface area contributed by atoms with Crippen LogP contribution in [0.3, 0.4) is 0 Å². The number of nitrogens with zero attached hydrogens (tertiary/aromatic N) is 2. The van der Waals surface area contributed by atoms with Gasteiger partial charge in [-0.05, 0) is 36.4 Å². The minimum absolute atomic E-state index is 0.422. The van der Waals surface area contributed by atoms with E-state index in [9.17, 15) is 0 Å². The zero-order valence-corrected chi connectivity index (χ0v) is 12.2. The second kappa shape index (κ2) is 4.60. The molecule has 100 valence electrons. The van der Waals surface area contributed by atoms with Crippen molar-refractivity contribution in [3.63, 3.8) is 0 Å². The fourth-order valence-electron chi connectivity index (χ4n) is 2.67. The summed E-state index contributed by atoms with van der Waals surface area (Å²) in [6.45, 7) is 5.59. The molecule has 19 heavy (non-hydrogen) atoms. The van der Waals surface area contributed by atoms with Gasteiger partial charge in [0.1, 0.15) is 0 Å². The highest BCUT2D eigenvalue weighted by Gasteiger charge is 2.46. The first-order valence-corrected chi connectivity index (χ1v) is 7.24. The van der Waals surface area contributed by atoms with Crippen LogP contribution in [-0.4, -0.2) is 14.8 Å². The van der Waals surface area contributed by atoms with Gasteiger partial charge in [0.15, 0.2) is 10.6 Å². The predicted octanol–water partition coefficient (Wildman–Crippen LogP) is 4.04. The highest BCUT2D eigenvalue weighted by atomic mass is 32.1. The van der Waals surface area contributed by atoms with E-state index in [0.717, 1.165) is 22.7 Å². The lowest BCUT2D eigenvalue weighted by atomic mass is 9.92. The third kappa shape index (κ3) is 2.25. The molecule has 1 heterocycles. The summed E-state index contributed by atoms with van der Waals surface area (Å²) in [6.07, 6.45) is 2.59. The summed E-state index contributed by atoms with van der Waals surface area (Å²) < 4.78 is 2.89. The largest absolute Gasteiger partial charge is 0.300 e. The fourth-order valence-corrected chi connectivity index (χ4v) is 2.86. The summed E-state index contributed by atoms with van der Waals surface area (Å²) in [5.74, 6) is 1.64. The Morgan fingerprint density at radius 2 is 2.00 bits per heavy atom. The highest BCUT2D eigenvalue weighted by molar-refractivity contribution is 7.71. The van der Waals surface area contributed by atoms with E-state index in [1.165, 1.54) is 12.8 Å². The van der Waals surface area contributed by atoms with Gasteiger partial charge >= 0.3 is 0 Å². The molecule has 0 spiro atoms. The van der Waals surface area contributed by atoms with E-state index in [2.05, 4.69) is 40.7 Å². The molecule has 0 saturated heterocycles. The van der Waals surface area contributed by atoms with Crippen LogP contribution in [0.1, 0.15) is 26.7 Å². The molecule has 3 rings (SSSR count). The molecule has 0 unspecified atom stereocenters. The maximum Gasteiger partial charge on any atom is 0.195 e. The quantitative estimate of drug-likeness (QED) is 0.853. The summed E-state index contributed by atoms with van der Waals surface area (Å²) in [5, 5.41) is 7.34. The number of aromatic amines is 1. The lowest BCUT2D eigenvalue weighted by Gasteiger charge is -2.20. The Balaban J connectivity index is 1.99. The molecule has 0 atom stereocenters. The van der Waals surface area contributed by atoms with Gasteiger partial charge < -0.3 is 0 Å². The van der Waals surface area contributed by atoms with Gasteiger partial charge in [-0.1, -0.05) is 44.2 Å². The van der Waals surface area contributed by atoms with E-state index in [1.54, 1.807) is 0 Å². The average Bonchev–Trinajstić information content (AvgIpc) is 3.11. The Morgan fingerprint density at radius 1 is 1.32 bits per heavy atom. The van der Waals surface area contributed by atoms with Crippen LogP contribution in [0.25, 0.3) is 11.4 Å². The van der Waals surface area contributed by atoms with Crippen molar-refractivity contribution >= 4 is 12.2 Å². The van der Waals surface area contributed by atoms with Crippen LogP contribution in [0.2, 0.25) is 0 Å². The number of hydrogen-bond donors (Lipinski definition) is 1. The lowest BCUT2D eigenvalue weighted by Crippen LogP contribution is -2.18. The van der Waals surface area contributed by atoms with E-state index >= 15 is 0 Å². The van der Waals surface area contributed by atoms with Crippen molar-refractivity contribution in [1.29, 1.82) is 0 Å². The highest BCUT2D eigenvalue weighted by Crippen LogP contribution is 2.53. The zero-order chi connectivity index (χ0) is 13.5. The van der Waals surface area contributed by atoms with Crippen molar-refractivity contribution in [2.75, 3.05) is 0 Å². The first-order chi connectivity index (χ1) is 9.12. The molecule has 3 nitrogen and oxygen atoms in total. The first-order valence-electron chi connectivity index (χ1n) is 6.83. The molecule has 1 aromatic carbocycles. The van der Waals surface area contributed by atoms with Crippen molar-refractivity contribution in [3.8, 4) is 11.4 Å². The van der Waals surface area contributed by atoms with Crippen molar-refractivity contribution in [3.05, 3.63) is 35.1 Å². The normalized spacial score (nSPS) is 16.8. The molecule has 0 radical (unpaired) electrons. The number of rotatable bonds is 4. The van der Waals surface area contributed by atoms with Crippen molar-refractivity contribution in [1.82, 2.24) is 14.8 Å². The number of benzene rings is 1. The summed E-state index contributed by atoms with van der Waals surface area (Å²) >= 11 is 5.40. The van der Waals surface area contributed by atoms with Crippen molar-refractivity contribution < 1.29 is 0 Å². The maximum atomic E-state index is 5.40. The third-order valence-corrected chi connectivity index (χ3v) is 4.69. The van der Waals surface area contributed by atoms with Gasteiger partial charge in [-0.3, -0.25) is 9.67 Å². The SMILES string of the molecule is CC(C)C1(Cn2c(-c3ccccc3)n[nH]c2=S)CC1. The van der Waals surface area contributed by atoms with Crippen LogP contribution in [0.15, 0.2) is 30.3 Å². The molecule has 1 aliphatic carbocycles. The molecule has 4 heteroatoms. The van der Waals surface area contributed by atoms with E-state index < -0.39 is 0 Å². The van der Waals surface area contributed by atoms with Crippen LogP contribution >= 0.6 is 12.2 Å². The Bertz CT molecular complexity index is 620. The van der Waals surface area contributed by atoms with Gasteiger partial charge in [-0.25, -0.2) is 0 Å². The van der Waals surface area contributed by atoms with E-state index in [1.807, 2.05) is 18.2 Å². The third-order valence-electron chi connectivity index (χ3n) is 4.38. The van der Waals surface area contributed by atoms with Crippen LogP contribution < -0.4 is 0 Å². The van der Waals surface area contributed by atoms with Gasteiger partial charge in [0.2, 0.25) is 0 Å². The molecular formula is C15H19N3S. The summed E-state index contributed by atoms with van der Waals surface area (Å²) in [4.78, 5) is 0. The van der Waals surface area contributed by atoms with Gasteiger partial charge in [0.25, 0.3) is 0 Å². The average molecular weight is 273 g/mol. The Morgan fingerprint density at radius 3 is 2.58 bits per heavy atom. The topological polar surface area (TPSA) is 33.6 Å². The number of hydrogen-bond acceptors (Lipinski definition) is 2. The first kappa shape index (κ1) is 12.6. The molecule has 1 aliphatic rings. The Kier molecular flexibility index (Phi) is 3.05. The van der Waals surface area contributed by atoms with Gasteiger partial charge in [0, 0.05) is 12.1 Å². The lowest BCUT2D eigenvalue weighted by molar-refractivity contribution is 0.308. The van der Waals surface area contributed by atoms with Crippen molar-refractivity contribution in [2.24, 2.45) is 11.3 Å². The zero-order valence-electron chi connectivity index (χ0n) is 11.4. The Hall–Kier alpha value is -1.42. The molecule has 0 amide bonds. The maximum absolute atomic E-state index is 5.40. The monoisotopic (exact) mass is 273 g/mol. The second-order valence-electron chi connectivity index (χ2n) is 5.82.